The molecule has 0 radical (unpaired) electrons. The third-order valence-electron chi connectivity index (χ3n) is 3.69. The molecule has 1 saturated heterocycles. The van der Waals surface area contributed by atoms with Gasteiger partial charge in [0.1, 0.15) is 0 Å². The Labute approximate surface area is 113 Å². The second-order valence-electron chi connectivity index (χ2n) is 5.07. The Balaban J connectivity index is 1.75. The van der Waals surface area contributed by atoms with Crippen LogP contribution in [0.1, 0.15) is 41.4 Å². The number of rotatable bonds is 4. The number of nitrogens with one attached hydrogen (secondary N) is 1. The van der Waals surface area contributed by atoms with Gasteiger partial charge in [-0.05, 0) is 50.2 Å². The highest BCUT2D eigenvalue weighted by Crippen LogP contribution is 2.16. The summed E-state index contributed by atoms with van der Waals surface area (Å²) in [6.07, 6.45) is 3.93. The van der Waals surface area contributed by atoms with Gasteiger partial charge >= 0.3 is 0 Å². The Morgan fingerprint density at radius 1 is 1.56 bits per heavy atom. The zero-order chi connectivity index (χ0) is 13.0. The van der Waals surface area contributed by atoms with Crippen LogP contribution in [-0.2, 0) is 0 Å². The first-order chi connectivity index (χ1) is 8.68. The molecule has 4 heteroatoms. The van der Waals surface area contributed by atoms with Crippen LogP contribution in [0.4, 0.5) is 0 Å². The summed E-state index contributed by atoms with van der Waals surface area (Å²) in [7, 11) is 0. The van der Waals surface area contributed by atoms with Crippen molar-refractivity contribution in [3.8, 4) is 0 Å². The molecule has 0 bridgehead atoms. The van der Waals surface area contributed by atoms with Gasteiger partial charge in [0.2, 0.25) is 0 Å². The topological polar surface area (TPSA) is 32.3 Å². The van der Waals surface area contributed by atoms with Crippen LogP contribution in [0.3, 0.4) is 0 Å². The Morgan fingerprint density at radius 2 is 2.39 bits per heavy atom. The fourth-order valence-electron chi connectivity index (χ4n) is 2.49. The van der Waals surface area contributed by atoms with Crippen LogP contribution in [0.5, 0.6) is 0 Å². The average Bonchev–Trinajstić information content (AvgIpc) is 2.78. The minimum absolute atomic E-state index is 0.0761. The van der Waals surface area contributed by atoms with Crippen molar-refractivity contribution in [3.63, 3.8) is 0 Å². The van der Waals surface area contributed by atoms with Crippen molar-refractivity contribution in [2.75, 3.05) is 19.6 Å². The van der Waals surface area contributed by atoms with Gasteiger partial charge in [0, 0.05) is 19.1 Å². The Kier molecular flexibility index (Phi) is 4.78. The van der Waals surface area contributed by atoms with E-state index in [0.29, 0.717) is 6.04 Å². The predicted octanol–water partition coefficient (Wildman–Crippen LogP) is 2.66. The van der Waals surface area contributed by atoms with Crippen molar-refractivity contribution >= 4 is 17.2 Å². The summed E-state index contributed by atoms with van der Waals surface area (Å²) in [6.45, 7) is 7.16. The summed E-state index contributed by atoms with van der Waals surface area (Å²) in [5, 5.41) is 4.99. The van der Waals surface area contributed by atoms with Gasteiger partial charge in [-0.15, -0.1) is 11.3 Å². The van der Waals surface area contributed by atoms with Crippen LogP contribution >= 0.6 is 11.3 Å². The van der Waals surface area contributed by atoms with Gasteiger partial charge in [0.05, 0.1) is 4.88 Å². The maximum Gasteiger partial charge on any atom is 0.261 e. The minimum atomic E-state index is 0.0761. The van der Waals surface area contributed by atoms with Crippen LogP contribution in [0.2, 0.25) is 0 Å². The highest BCUT2D eigenvalue weighted by molar-refractivity contribution is 7.12. The summed E-state index contributed by atoms with van der Waals surface area (Å²) >= 11 is 1.52. The highest BCUT2D eigenvalue weighted by Gasteiger charge is 2.18. The molecular weight excluding hydrogens is 244 g/mol. The van der Waals surface area contributed by atoms with Crippen molar-refractivity contribution < 1.29 is 4.79 Å². The van der Waals surface area contributed by atoms with Gasteiger partial charge in [-0.2, -0.15) is 0 Å². The maximum absolute atomic E-state index is 11.9. The molecule has 0 spiro atoms. The van der Waals surface area contributed by atoms with Gasteiger partial charge in [0.15, 0.2) is 0 Å². The molecule has 1 N–H and O–H groups in total. The molecule has 1 aliphatic rings. The normalized spacial score (nSPS) is 20.9. The van der Waals surface area contributed by atoms with E-state index in [4.69, 9.17) is 0 Å². The lowest BCUT2D eigenvalue weighted by molar-refractivity contribution is 0.0942. The quantitative estimate of drug-likeness (QED) is 0.908. The monoisotopic (exact) mass is 266 g/mol. The van der Waals surface area contributed by atoms with E-state index in [1.165, 1.54) is 37.1 Å². The number of likely N-dealkylation sites (tertiary alicyclic amines) is 1. The Hall–Kier alpha value is -0.870. The fraction of sp³-hybridized carbons (Fsp3) is 0.643. The predicted molar refractivity (Wildman–Crippen MR) is 76.3 cm³/mol. The third-order valence-corrected chi connectivity index (χ3v) is 4.71. The number of thiophene rings is 1. The zero-order valence-corrected chi connectivity index (χ0v) is 12.1. The molecule has 0 aromatic carbocycles. The molecule has 2 heterocycles. The van der Waals surface area contributed by atoms with E-state index in [2.05, 4.69) is 17.1 Å². The van der Waals surface area contributed by atoms with Crippen LogP contribution in [0, 0.1) is 6.92 Å². The van der Waals surface area contributed by atoms with E-state index in [9.17, 15) is 4.79 Å². The molecule has 1 unspecified atom stereocenters. The van der Waals surface area contributed by atoms with Gasteiger partial charge in [-0.1, -0.05) is 6.42 Å². The number of carbonyl (C=O) groups is 1. The summed E-state index contributed by atoms with van der Waals surface area (Å²) in [5.74, 6) is 0.0761. The molecule has 2 rings (SSSR count). The molecule has 3 nitrogen and oxygen atoms in total. The van der Waals surface area contributed by atoms with Crippen molar-refractivity contribution in [1.82, 2.24) is 10.2 Å². The number of carbonyl (C=O) groups excluding carboxylic acids is 1. The van der Waals surface area contributed by atoms with Crippen LogP contribution in [-0.4, -0.2) is 36.5 Å². The van der Waals surface area contributed by atoms with E-state index in [1.807, 2.05) is 18.4 Å². The van der Waals surface area contributed by atoms with Crippen molar-refractivity contribution in [2.24, 2.45) is 0 Å². The molecule has 1 aromatic heterocycles. The summed E-state index contributed by atoms with van der Waals surface area (Å²) in [6, 6.07) is 2.66. The first-order valence-electron chi connectivity index (χ1n) is 6.75. The molecule has 1 amide bonds. The standard InChI is InChI=1S/C14H22N2OS/c1-11-6-10-18-13(11)14(17)15-7-9-16-8-4-3-5-12(16)2/h6,10,12H,3-5,7-9H2,1-2H3,(H,15,17). The SMILES string of the molecule is Cc1ccsc1C(=O)NCCN1CCCCC1C. The second kappa shape index (κ2) is 6.34. The van der Waals surface area contributed by atoms with Gasteiger partial charge in [-0.3, -0.25) is 9.69 Å². The highest BCUT2D eigenvalue weighted by atomic mass is 32.1. The lowest BCUT2D eigenvalue weighted by Gasteiger charge is -2.33. The number of hydrogen-bond acceptors (Lipinski definition) is 3. The van der Waals surface area contributed by atoms with Crippen molar-refractivity contribution in [2.45, 2.75) is 39.2 Å². The summed E-state index contributed by atoms with van der Waals surface area (Å²) < 4.78 is 0. The fourth-order valence-corrected chi connectivity index (χ4v) is 3.33. The average molecular weight is 266 g/mol. The molecule has 1 atom stereocenters. The number of nitrogens with zero attached hydrogens (tertiary/aromatic N) is 1. The molecule has 1 aromatic rings. The van der Waals surface area contributed by atoms with Gasteiger partial charge < -0.3 is 5.32 Å². The van der Waals surface area contributed by atoms with Gasteiger partial charge in [0.25, 0.3) is 5.91 Å². The van der Waals surface area contributed by atoms with Crippen LogP contribution in [0.15, 0.2) is 11.4 Å². The number of amides is 1. The molecule has 0 aliphatic carbocycles. The van der Waals surface area contributed by atoms with E-state index < -0.39 is 0 Å². The number of aryl methyl sites for hydroxylation is 1. The molecule has 1 aliphatic heterocycles. The third kappa shape index (κ3) is 3.33. The molecule has 100 valence electrons. The first-order valence-corrected chi connectivity index (χ1v) is 7.63. The van der Waals surface area contributed by atoms with E-state index in [-0.39, 0.29) is 5.91 Å². The van der Waals surface area contributed by atoms with Crippen molar-refractivity contribution in [3.05, 3.63) is 21.9 Å². The smallest absolute Gasteiger partial charge is 0.261 e. The Bertz CT molecular complexity index is 402. The van der Waals surface area contributed by atoms with E-state index >= 15 is 0 Å². The summed E-state index contributed by atoms with van der Waals surface area (Å²) in [5.41, 5.74) is 1.07. The number of piperidine rings is 1. The van der Waals surface area contributed by atoms with Crippen LogP contribution in [0.25, 0.3) is 0 Å². The Morgan fingerprint density at radius 3 is 3.06 bits per heavy atom. The second-order valence-corrected chi connectivity index (χ2v) is 5.99. The van der Waals surface area contributed by atoms with Crippen LogP contribution < -0.4 is 5.32 Å². The minimum Gasteiger partial charge on any atom is -0.350 e. The molecule has 1 fully saturated rings. The van der Waals surface area contributed by atoms with E-state index in [0.717, 1.165) is 23.5 Å². The largest absolute Gasteiger partial charge is 0.350 e. The first kappa shape index (κ1) is 13.6. The van der Waals surface area contributed by atoms with E-state index in [1.54, 1.807) is 0 Å². The lowest BCUT2D eigenvalue weighted by atomic mass is 10.0. The zero-order valence-electron chi connectivity index (χ0n) is 11.2. The molecule has 18 heavy (non-hydrogen) atoms. The lowest BCUT2D eigenvalue weighted by Crippen LogP contribution is -2.42. The summed E-state index contributed by atoms with van der Waals surface area (Å²) in [4.78, 5) is 15.3. The van der Waals surface area contributed by atoms with Crippen molar-refractivity contribution in [1.29, 1.82) is 0 Å². The number of hydrogen-bond donors (Lipinski definition) is 1. The molecule has 0 saturated carbocycles. The molecular formula is C14H22N2OS. The van der Waals surface area contributed by atoms with Gasteiger partial charge in [-0.25, -0.2) is 0 Å². The maximum atomic E-state index is 11.9.